The standard InChI is InChI=1S/C17H23F2NO3S/c1-4-7-8-23-17(22)14(5-2)24-15-10-13(20-16(21)6-3)11(18)9-12(15)19/h9-10,14H,4-8H2,1-3H3,(H,20,21). The minimum Gasteiger partial charge on any atom is -0.465 e. The van der Waals surface area contributed by atoms with Crippen molar-refractivity contribution in [1.29, 1.82) is 0 Å². The third-order valence-electron chi connectivity index (χ3n) is 3.26. The fourth-order valence-electron chi connectivity index (χ4n) is 1.82. The van der Waals surface area contributed by atoms with E-state index in [9.17, 15) is 18.4 Å². The first-order chi connectivity index (χ1) is 11.4. The van der Waals surface area contributed by atoms with Crippen LogP contribution in [0.5, 0.6) is 0 Å². The zero-order valence-corrected chi connectivity index (χ0v) is 15.0. The highest BCUT2D eigenvalue weighted by Gasteiger charge is 2.22. The lowest BCUT2D eigenvalue weighted by molar-refractivity contribution is -0.143. The second kappa shape index (κ2) is 10.3. The molecule has 1 unspecified atom stereocenters. The summed E-state index contributed by atoms with van der Waals surface area (Å²) in [6.07, 6.45) is 2.30. The number of rotatable bonds is 9. The van der Waals surface area contributed by atoms with Crippen LogP contribution in [0.3, 0.4) is 0 Å². The maximum Gasteiger partial charge on any atom is 0.319 e. The van der Waals surface area contributed by atoms with Crippen molar-refractivity contribution in [3.63, 3.8) is 0 Å². The number of ether oxygens (including phenoxy) is 1. The lowest BCUT2D eigenvalue weighted by Gasteiger charge is -2.15. The van der Waals surface area contributed by atoms with Crippen LogP contribution in [0.15, 0.2) is 17.0 Å². The van der Waals surface area contributed by atoms with Gasteiger partial charge in [-0.2, -0.15) is 0 Å². The number of hydrogen-bond acceptors (Lipinski definition) is 4. The van der Waals surface area contributed by atoms with Crippen molar-refractivity contribution in [3.05, 3.63) is 23.8 Å². The number of nitrogens with one attached hydrogen (secondary N) is 1. The van der Waals surface area contributed by atoms with Crippen molar-refractivity contribution in [1.82, 2.24) is 0 Å². The van der Waals surface area contributed by atoms with E-state index in [0.29, 0.717) is 19.1 Å². The molecule has 1 aromatic carbocycles. The molecule has 1 aromatic rings. The van der Waals surface area contributed by atoms with Crippen LogP contribution in [0.25, 0.3) is 0 Å². The number of carbonyl (C=O) groups is 2. The minimum absolute atomic E-state index is 0.0973. The molecule has 24 heavy (non-hydrogen) atoms. The van der Waals surface area contributed by atoms with Crippen LogP contribution in [-0.4, -0.2) is 23.7 Å². The number of hydrogen-bond donors (Lipinski definition) is 1. The topological polar surface area (TPSA) is 55.4 Å². The molecule has 7 heteroatoms. The van der Waals surface area contributed by atoms with Crippen molar-refractivity contribution in [2.24, 2.45) is 0 Å². The molecule has 4 nitrogen and oxygen atoms in total. The molecule has 0 spiro atoms. The molecule has 0 aliphatic rings. The van der Waals surface area contributed by atoms with Gasteiger partial charge in [0.1, 0.15) is 16.9 Å². The molecule has 1 amide bonds. The number of esters is 1. The molecule has 0 saturated carbocycles. The van der Waals surface area contributed by atoms with Crippen LogP contribution >= 0.6 is 11.8 Å². The summed E-state index contributed by atoms with van der Waals surface area (Å²) in [5.74, 6) is -2.41. The van der Waals surface area contributed by atoms with E-state index in [1.54, 1.807) is 13.8 Å². The Balaban J connectivity index is 2.89. The average Bonchev–Trinajstić information content (AvgIpc) is 2.56. The van der Waals surface area contributed by atoms with Gasteiger partial charge in [0, 0.05) is 17.4 Å². The third-order valence-corrected chi connectivity index (χ3v) is 4.64. The predicted molar refractivity (Wildman–Crippen MR) is 91.1 cm³/mol. The highest BCUT2D eigenvalue weighted by Crippen LogP contribution is 2.32. The van der Waals surface area contributed by atoms with Gasteiger partial charge >= 0.3 is 5.97 Å². The molecule has 0 aromatic heterocycles. The molecule has 1 rings (SSSR count). The molecule has 0 bridgehead atoms. The van der Waals surface area contributed by atoms with Crippen molar-refractivity contribution in [2.45, 2.75) is 56.6 Å². The summed E-state index contributed by atoms with van der Waals surface area (Å²) < 4.78 is 32.9. The number of halogens is 2. The Morgan fingerprint density at radius 1 is 1.21 bits per heavy atom. The van der Waals surface area contributed by atoms with Gasteiger partial charge in [-0.25, -0.2) is 8.78 Å². The van der Waals surface area contributed by atoms with Crippen molar-refractivity contribution in [2.75, 3.05) is 11.9 Å². The number of anilines is 1. The Morgan fingerprint density at radius 2 is 1.92 bits per heavy atom. The molecule has 1 atom stereocenters. The van der Waals surface area contributed by atoms with Crippen LogP contribution < -0.4 is 5.32 Å². The van der Waals surface area contributed by atoms with Gasteiger partial charge in [-0.05, 0) is 18.9 Å². The van der Waals surface area contributed by atoms with Crippen LogP contribution in [0.2, 0.25) is 0 Å². The number of amides is 1. The Morgan fingerprint density at radius 3 is 2.50 bits per heavy atom. The molecule has 1 N–H and O–H groups in total. The van der Waals surface area contributed by atoms with Crippen LogP contribution in [0, 0.1) is 11.6 Å². The summed E-state index contributed by atoms with van der Waals surface area (Å²) in [4.78, 5) is 23.5. The molecule has 134 valence electrons. The third kappa shape index (κ3) is 6.11. The fourth-order valence-corrected chi connectivity index (χ4v) is 2.81. The largest absolute Gasteiger partial charge is 0.465 e. The first-order valence-corrected chi connectivity index (χ1v) is 8.92. The van der Waals surface area contributed by atoms with Gasteiger partial charge in [0.15, 0.2) is 0 Å². The van der Waals surface area contributed by atoms with Gasteiger partial charge < -0.3 is 10.1 Å². The maximum atomic E-state index is 14.0. The number of benzene rings is 1. The minimum atomic E-state index is -0.850. The van der Waals surface area contributed by atoms with Crippen molar-refractivity contribution < 1.29 is 23.1 Å². The molecule has 0 aliphatic carbocycles. The predicted octanol–water partition coefficient (Wildman–Crippen LogP) is 4.53. The van der Waals surface area contributed by atoms with Gasteiger partial charge in [0.05, 0.1) is 12.3 Å². The number of thioether (sulfide) groups is 1. The van der Waals surface area contributed by atoms with Gasteiger partial charge in [-0.3, -0.25) is 9.59 Å². The van der Waals surface area contributed by atoms with E-state index >= 15 is 0 Å². The highest BCUT2D eigenvalue weighted by atomic mass is 32.2. The first kappa shape index (κ1) is 20.4. The van der Waals surface area contributed by atoms with Gasteiger partial charge in [-0.15, -0.1) is 11.8 Å². The SMILES string of the molecule is CCCCOC(=O)C(CC)Sc1cc(NC(=O)CC)c(F)cc1F. The Bertz CT molecular complexity index is 581. The summed E-state index contributed by atoms with van der Waals surface area (Å²) in [6, 6.07) is 1.92. The highest BCUT2D eigenvalue weighted by molar-refractivity contribution is 8.00. The van der Waals surface area contributed by atoms with Crippen LogP contribution in [0.1, 0.15) is 46.5 Å². The van der Waals surface area contributed by atoms with E-state index in [1.807, 2.05) is 6.92 Å². The summed E-state index contributed by atoms with van der Waals surface area (Å²) in [5.41, 5.74) is -0.0973. The first-order valence-electron chi connectivity index (χ1n) is 8.05. The van der Waals surface area contributed by atoms with Crippen molar-refractivity contribution in [3.8, 4) is 0 Å². The zero-order valence-electron chi connectivity index (χ0n) is 14.2. The van der Waals surface area contributed by atoms with Gasteiger partial charge in [0.2, 0.25) is 5.91 Å². The van der Waals surface area contributed by atoms with Gasteiger partial charge in [0.25, 0.3) is 0 Å². The Hall–Kier alpha value is -1.63. The summed E-state index contributed by atoms with van der Waals surface area (Å²) >= 11 is 0.972. The summed E-state index contributed by atoms with van der Waals surface area (Å²) in [5, 5.41) is 1.79. The van der Waals surface area contributed by atoms with E-state index in [-0.39, 0.29) is 22.9 Å². The Labute approximate surface area is 145 Å². The van der Waals surface area contributed by atoms with E-state index in [1.165, 1.54) is 6.07 Å². The smallest absolute Gasteiger partial charge is 0.319 e. The summed E-state index contributed by atoms with van der Waals surface area (Å²) in [6.45, 7) is 5.74. The Kier molecular flexibility index (Phi) is 8.74. The number of carbonyl (C=O) groups excluding carboxylic acids is 2. The van der Waals surface area contributed by atoms with Crippen molar-refractivity contribution >= 4 is 29.3 Å². The lowest BCUT2D eigenvalue weighted by Crippen LogP contribution is -2.20. The quantitative estimate of drug-likeness (QED) is 0.400. The molecular weight excluding hydrogens is 336 g/mol. The summed E-state index contributed by atoms with van der Waals surface area (Å²) in [7, 11) is 0. The van der Waals surface area contributed by atoms with Crippen LogP contribution in [0.4, 0.5) is 14.5 Å². The number of unbranched alkanes of at least 4 members (excludes halogenated alkanes) is 1. The molecule has 0 aliphatic heterocycles. The van der Waals surface area contributed by atoms with E-state index in [4.69, 9.17) is 4.74 Å². The van der Waals surface area contributed by atoms with Gasteiger partial charge in [-0.1, -0.05) is 27.2 Å². The van der Waals surface area contributed by atoms with Crippen LogP contribution in [-0.2, 0) is 14.3 Å². The normalized spacial score (nSPS) is 11.9. The monoisotopic (exact) mass is 359 g/mol. The second-order valence-corrected chi connectivity index (χ2v) is 6.44. The molecule has 0 radical (unpaired) electrons. The lowest BCUT2D eigenvalue weighted by atomic mass is 10.3. The maximum absolute atomic E-state index is 14.0. The van der Waals surface area contributed by atoms with E-state index in [2.05, 4.69) is 5.32 Å². The molecule has 0 heterocycles. The second-order valence-electron chi connectivity index (χ2n) is 5.20. The zero-order chi connectivity index (χ0) is 18.1. The molecule has 0 fully saturated rings. The molecular formula is C17H23F2NO3S. The van der Waals surface area contributed by atoms with E-state index < -0.39 is 22.9 Å². The fraction of sp³-hybridized carbons (Fsp3) is 0.529. The van der Waals surface area contributed by atoms with E-state index in [0.717, 1.165) is 24.6 Å². The average molecular weight is 359 g/mol. The molecule has 0 saturated heterocycles.